The predicted molar refractivity (Wildman–Crippen MR) is 484 cm³/mol. The van der Waals surface area contributed by atoms with Gasteiger partial charge in [-0.2, -0.15) is 15.6 Å². The summed E-state index contributed by atoms with van der Waals surface area (Å²) < 4.78 is 36.9. The van der Waals surface area contributed by atoms with Crippen LogP contribution in [-0.4, -0.2) is 143 Å². The number of tetrazole rings is 3. The second-order valence-corrected chi connectivity index (χ2v) is 34.2. The lowest BCUT2D eigenvalue weighted by molar-refractivity contribution is -0.444. The van der Waals surface area contributed by atoms with Crippen molar-refractivity contribution >= 4 is 17.5 Å². The van der Waals surface area contributed by atoms with Crippen molar-refractivity contribution in [2.24, 2.45) is 35.5 Å². The normalized spacial score (nSPS) is 14.0. The number of ether oxygens (including phenoxy) is 6. The summed E-state index contributed by atoms with van der Waals surface area (Å²) in [6.45, 7) is 49.3. The molecule has 4 aromatic carbocycles. The summed E-state index contributed by atoms with van der Waals surface area (Å²) in [5.74, 6) is 13.0. The lowest BCUT2D eigenvalue weighted by atomic mass is 10.0. The highest BCUT2D eigenvalue weighted by atomic mass is 16.5. The van der Waals surface area contributed by atoms with E-state index in [0.29, 0.717) is 92.6 Å². The van der Waals surface area contributed by atoms with Crippen molar-refractivity contribution in [3.05, 3.63) is 159 Å². The Labute approximate surface area is 717 Å². The number of nitrogens with zero attached hydrogens (tertiary/aromatic N) is 12. The van der Waals surface area contributed by atoms with Gasteiger partial charge < -0.3 is 43.7 Å². The lowest BCUT2D eigenvalue weighted by Gasteiger charge is -2.17. The Morgan fingerprint density at radius 2 is 0.517 bits per heavy atom. The van der Waals surface area contributed by atoms with E-state index in [1.807, 2.05) is 54.6 Å². The van der Waals surface area contributed by atoms with Crippen LogP contribution < -0.4 is 74.6 Å². The van der Waals surface area contributed by atoms with Crippen LogP contribution in [0.1, 0.15) is 257 Å². The molecule has 0 unspecified atom stereocenters. The molecule has 7 aromatic rings. The van der Waals surface area contributed by atoms with Crippen molar-refractivity contribution in [1.29, 1.82) is 0 Å². The number of benzene rings is 4. The fraction of sp³-hybridized carbons (Fsp3) is 0.562. The molecule has 3 aliphatic heterocycles. The van der Waals surface area contributed by atoms with E-state index in [0.717, 1.165) is 185 Å². The minimum atomic E-state index is 0.495. The van der Waals surface area contributed by atoms with E-state index in [2.05, 4.69) is 272 Å². The average Bonchev–Trinajstić information content (AvgIpc) is 1.59. The van der Waals surface area contributed by atoms with Crippen LogP contribution >= 0.6 is 0 Å². The molecule has 3 aromatic heterocycles. The largest absolute Gasteiger partial charge is 0.490 e. The number of aromatic nitrogens is 12. The van der Waals surface area contributed by atoms with Gasteiger partial charge in [0.05, 0.1) is 56.3 Å². The molecule has 0 bridgehead atoms. The van der Waals surface area contributed by atoms with Gasteiger partial charge in [-0.3, -0.25) is 61.9 Å². The lowest BCUT2D eigenvalue weighted by Crippen LogP contribution is -2.71. The van der Waals surface area contributed by atoms with Gasteiger partial charge in [0, 0.05) is 17.5 Å². The van der Waals surface area contributed by atoms with Gasteiger partial charge in [-0.15, -0.1) is 0 Å². The van der Waals surface area contributed by atoms with Crippen molar-refractivity contribution in [2.75, 3.05) is 78.9 Å². The molecule has 0 radical (unpaired) electrons. The van der Waals surface area contributed by atoms with Gasteiger partial charge in [-0.05, 0) is 324 Å². The predicted octanol–water partition coefficient (Wildman–Crippen LogP) is 14.4. The van der Waals surface area contributed by atoms with Crippen molar-refractivity contribution in [1.82, 2.24) is 77.8 Å². The molecule has 6 atom stereocenters. The third-order valence-corrected chi connectivity index (χ3v) is 21.0. The molecular weight excluding hydrogens is 1500 g/mol. The summed E-state index contributed by atoms with van der Waals surface area (Å²) in [5, 5.41) is 55.5. The van der Waals surface area contributed by atoms with Crippen LogP contribution in [0.2, 0.25) is 0 Å². The molecule has 24 heteroatoms. The van der Waals surface area contributed by atoms with Gasteiger partial charge in [0.15, 0.2) is 34.5 Å². The number of rotatable bonds is 48. The second-order valence-electron chi connectivity index (χ2n) is 34.2. The van der Waals surface area contributed by atoms with Gasteiger partial charge in [0.25, 0.3) is 17.5 Å². The van der Waals surface area contributed by atoms with E-state index in [-0.39, 0.29) is 0 Å². The van der Waals surface area contributed by atoms with E-state index in [1.54, 1.807) is 0 Å². The Balaban J connectivity index is 0.000000223. The zero-order valence-electron chi connectivity index (χ0n) is 75.9. The molecule has 10 rings (SSSR count). The monoisotopic (exact) mass is 1650 g/mol. The Kier molecular flexibility index (Phi) is 44.3. The molecule has 120 heavy (non-hydrogen) atoms. The van der Waals surface area contributed by atoms with E-state index < -0.39 is 0 Å². The molecule has 0 amide bonds. The van der Waals surface area contributed by atoms with Crippen LogP contribution in [0.15, 0.2) is 143 Å². The van der Waals surface area contributed by atoms with Gasteiger partial charge in [0.2, 0.25) is 0 Å². The fourth-order valence-corrected chi connectivity index (χ4v) is 13.4. The average molecular weight is 1650 g/mol. The molecule has 24 nitrogen and oxygen atoms in total. The summed E-state index contributed by atoms with van der Waals surface area (Å²) in [5.41, 5.74) is 14.4. The summed E-state index contributed by atoms with van der Waals surface area (Å²) in [4.78, 5) is 10.2. The first-order valence-electron chi connectivity index (χ1n) is 44.2. The highest BCUT2D eigenvalue weighted by molar-refractivity contribution is 6.05. The topological polar surface area (TPSA) is 292 Å². The third-order valence-electron chi connectivity index (χ3n) is 21.0. The number of hydrogen-bond acceptors (Lipinski definition) is 18. The zero-order chi connectivity index (χ0) is 86.2. The molecule has 0 saturated heterocycles. The molecule has 3 aliphatic rings. The quantitative estimate of drug-likeness (QED) is 0.0193. The van der Waals surface area contributed by atoms with Crippen molar-refractivity contribution in [3.63, 3.8) is 0 Å². The first-order chi connectivity index (χ1) is 57.9. The molecule has 0 saturated carbocycles. The number of amidine groups is 3. The fourth-order valence-electron chi connectivity index (χ4n) is 13.4. The van der Waals surface area contributed by atoms with Crippen LogP contribution in [0.5, 0.6) is 34.5 Å². The Bertz CT molecular complexity index is 3910. The molecule has 6 N–H and O–H groups in total. The van der Waals surface area contributed by atoms with Gasteiger partial charge in [-0.1, -0.05) is 111 Å². The van der Waals surface area contributed by atoms with Crippen LogP contribution in [-0.2, 0) is 0 Å². The van der Waals surface area contributed by atoms with E-state index in [4.69, 9.17) is 28.4 Å². The Morgan fingerprint density at radius 3 is 0.700 bits per heavy atom. The van der Waals surface area contributed by atoms with Crippen LogP contribution in [0.3, 0.4) is 0 Å². The molecule has 0 spiro atoms. The number of nitrogens with one attached hydrogen (secondary N) is 6. The zero-order valence-corrected chi connectivity index (χ0v) is 75.9. The van der Waals surface area contributed by atoms with Crippen molar-refractivity contribution in [3.8, 4) is 68.7 Å². The maximum Gasteiger partial charge on any atom is 0.275 e. The second kappa shape index (κ2) is 54.8. The summed E-state index contributed by atoms with van der Waals surface area (Å²) in [6, 6.07) is 24.1. The summed E-state index contributed by atoms with van der Waals surface area (Å²) >= 11 is 0. The minimum absolute atomic E-state index is 0.495. The SMILES string of the molecule is CC(C)=CCC[C@@H](C)CCOc1ccc(-c2nnn[n-]2)cc1OCC[C@H](C)CCC=C(C)C.CC(C)=CCC[C@@H](C)CCOc1ccc(-c2nnn[n-]2)cc1OCC[C@H](C)CCC=C(C)C.CC(C)=CCC[C@@H](C)CCOc1ccc(-c2nnn[n-]2)cc1OCC[C@H](C)CCC=C(C)C.c1c(C2=[NH+]CCN2)cc(C2=[NH+]CCN2)cc1C1=[NH+]CCN1. The van der Waals surface area contributed by atoms with Gasteiger partial charge >= 0.3 is 0 Å². The molecule has 6 heterocycles. The highest BCUT2D eigenvalue weighted by Gasteiger charge is 2.26. The van der Waals surface area contributed by atoms with Crippen molar-refractivity contribution in [2.45, 2.75) is 240 Å². The first-order valence-corrected chi connectivity index (χ1v) is 44.2. The van der Waals surface area contributed by atoms with Crippen LogP contribution in [0.25, 0.3) is 34.2 Å². The van der Waals surface area contributed by atoms with E-state index >= 15 is 0 Å². The Hall–Kier alpha value is -10.3. The third kappa shape index (κ3) is 38.4. The first kappa shape index (κ1) is 96.9. The maximum atomic E-state index is 6.18. The van der Waals surface area contributed by atoms with Gasteiger partial charge in [-0.25, -0.2) is 0 Å². The van der Waals surface area contributed by atoms with E-state index in [1.165, 1.54) is 88.7 Å². The van der Waals surface area contributed by atoms with Gasteiger partial charge in [0.1, 0.15) is 39.3 Å². The van der Waals surface area contributed by atoms with E-state index in [9.17, 15) is 0 Å². The highest BCUT2D eigenvalue weighted by Crippen LogP contribution is 2.36. The molecule has 654 valence electrons. The number of allylic oxidation sites excluding steroid dienone is 12. The summed E-state index contributed by atoms with van der Waals surface area (Å²) in [6.07, 6.45) is 33.6. The Morgan fingerprint density at radius 1 is 0.300 bits per heavy atom. The van der Waals surface area contributed by atoms with Crippen LogP contribution in [0, 0.1) is 35.5 Å². The maximum absolute atomic E-state index is 6.18. The molecular formula is C96H144N18O6. The smallest absolute Gasteiger partial charge is 0.275 e. The van der Waals surface area contributed by atoms with Crippen LogP contribution in [0.4, 0.5) is 0 Å². The standard InChI is InChI=1S/3C27H41N4O2.C15H18N6/c3*1-20(2)9-7-11-22(5)15-17-32-25-14-13-24(27-28-30-31-29-27)19-26(25)33-18-16-23(6)12-8-10-21(3)4;1-2-17-13(16-1)10-7-11(14-18-3-4-19-14)9-12(8-10)15-20-5-6-21-15/h3*9-10,13-14,19,22-23H,7-8,11-12,15-18H2,1-6H3;7-9H,1-6H2,(H,16,17)(H,18,19)(H,20,21)/q3*-1;/p+3/t3*22-,23-;/m111./s1. The molecule has 0 aliphatic carbocycles. The number of hydrogen-bond donors (Lipinski definition) is 6. The summed E-state index contributed by atoms with van der Waals surface area (Å²) in [7, 11) is 0. The minimum Gasteiger partial charge on any atom is -0.490 e. The van der Waals surface area contributed by atoms with Crippen molar-refractivity contribution < 1.29 is 43.4 Å². The molecule has 0 fully saturated rings.